The summed E-state index contributed by atoms with van der Waals surface area (Å²) in [6.45, 7) is 0.815. The lowest BCUT2D eigenvalue weighted by molar-refractivity contribution is 0.333. The van der Waals surface area contributed by atoms with E-state index < -0.39 is 0 Å². The van der Waals surface area contributed by atoms with Crippen LogP contribution in [0.3, 0.4) is 0 Å². The van der Waals surface area contributed by atoms with Gasteiger partial charge in [-0.3, -0.25) is 0 Å². The standard InChI is InChI=1S/C8H14F/c9-7-6-8-4-2-1-3-5-8/h7-8H,1-6H2. The molecule has 1 aliphatic carbocycles. The quantitative estimate of drug-likeness (QED) is 0.537. The van der Waals surface area contributed by atoms with Crippen LogP contribution in [0, 0.1) is 12.6 Å². The Labute approximate surface area is 56.5 Å². The smallest absolute Gasteiger partial charge is 0.131 e. The third-order valence-corrected chi connectivity index (χ3v) is 2.15. The fourth-order valence-electron chi connectivity index (χ4n) is 1.55. The molecule has 0 heterocycles. The van der Waals surface area contributed by atoms with E-state index in [2.05, 4.69) is 0 Å². The molecule has 0 N–H and O–H groups in total. The molecule has 0 aromatic carbocycles. The van der Waals surface area contributed by atoms with Gasteiger partial charge in [0.1, 0.15) is 6.67 Å². The Kier molecular flexibility index (Phi) is 3.02. The summed E-state index contributed by atoms with van der Waals surface area (Å²) < 4.78 is 11.7. The van der Waals surface area contributed by atoms with Gasteiger partial charge in [0.25, 0.3) is 0 Å². The van der Waals surface area contributed by atoms with E-state index in [1.54, 1.807) is 0 Å². The Morgan fingerprint density at radius 3 is 2.44 bits per heavy atom. The molecule has 0 spiro atoms. The SMILES string of the molecule is F[CH]CC1CCCCC1. The van der Waals surface area contributed by atoms with Gasteiger partial charge in [0.2, 0.25) is 0 Å². The van der Waals surface area contributed by atoms with Crippen molar-refractivity contribution in [1.82, 2.24) is 0 Å². The van der Waals surface area contributed by atoms with Gasteiger partial charge < -0.3 is 0 Å². The van der Waals surface area contributed by atoms with Gasteiger partial charge in [0, 0.05) is 0 Å². The molecule has 0 aromatic heterocycles. The summed E-state index contributed by atoms with van der Waals surface area (Å²) in [5, 5.41) is 0. The monoisotopic (exact) mass is 129 g/mol. The highest BCUT2D eigenvalue weighted by molar-refractivity contribution is 4.68. The minimum absolute atomic E-state index is 0.670. The predicted octanol–water partition coefficient (Wildman–Crippen LogP) is 3.09. The zero-order valence-electron chi connectivity index (χ0n) is 5.78. The summed E-state index contributed by atoms with van der Waals surface area (Å²) in [5.41, 5.74) is 0. The number of hydrogen-bond acceptors (Lipinski definition) is 0. The molecule has 53 valence electrons. The van der Waals surface area contributed by atoms with Crippen molar-refractivity contribution in [2.45, 2.75) is 38.5 Å². The number of hydrogen-bond donors (Lipinski definition) is 0. The van der Waals surface area contributed by atoms with Crippen molar-refractivity contribution in [3.63, 3.8) is 0 Å². The van der Waals surface area contributed by atoms with E-state index in [1.165, 1.54) is 32.1 Å². The molecule has 1 radical (unpaired) electrons. The number of rotatable bonds is 2. The summed E-state index contributed by atoms with van der Waals surface area (Å²) in [4.78, 5) is 0. The van der Waals surface area contributed by atoms with Crippen LogP contribution in [0.25, 0.3) is 0 Å². The molecule has 0 unspecified atom stereocenters. The van der Waals surface area contributed by atoms with Gasteiger partial charge in [-0.1, -0.05) is 32.1 Å². The molecule has 1 heteroatoms. The van der Waals surface area contributed by atoms with Crippen molar-refractivity contribution < 1.29 is 4.39 Å². The molecular weight excluding hydrogens is 115 g/mol. The predicted molar refractivity (Wildman–Crippen MR) is 36.6 cm³/mol. The minimum atomic E-state index is 0.670. The first-order valence-electron chi connectivity index (χ1n) is 3.85. The van der Waals surface area contributed by atoms with Gasteiger partial charge in [-0.25, -0.2) is 4.39 Å². The zero-order chi connectivity index (χ0) is 6.53. The highest BCUT2D eigenvalue weighted by atomic mass is 19.1. The van der Waals surface area contributed by atoms with Crippen LogP contribution in [-0.4, -0.2) is 0 Å². The number of halogens is 1. The van der Waals surface area contributed by atoms with E-state index in [9.17, 15) is 4.39 Å². The van der Waals surface area contributed by atoms with E-state index in [1.807, 2.05) is 0 Å². The maximum absolute atomic E-state index is 11.7. The van der Waals surface area contributed by atoms with Gasteiger partial charge in [-0.05, 0) is 12.3 Å². The first kappa shape index (κ1) is 7.04. The van der Waals surface area contributed by atoms with Gasteiger partial charge in [0.05, 0.1) is 0 Å². The molecular formula is C8H14F. The van der Waals surface area contributed by atoms with Crippen LogP contribution in [0.1, 0.15) is 38.5 Å². The fourth-order valence-corrected chi connectivity index (χ4v) is 1.55. The highest BCUT2D eigenvalue weighted by Gasteiger charge is 2.12. The van der Waals surface area contributed by atoms with E-state index in [4.69, 9.17) is 0 Å². The third kappa shape index (κ3) is 2.33. The van der Waals surface area contributed by atoms with Crippen LogP contribution in [0.2, 0.25) is 0 Å². The van der Waals surface area contributed by atoms with Gasteiger partial charge in [0.15, 0.2) is 0 Å². The molecule has 1 saturated carbocycles. The van der Waals surface area contributed by atoms with Crippen LogP contribution in [0.15, 0.2) is 0 Å². The van der Waals surface area contributed by atoms with Crippen molar-refractivity contribution in [3.8, 4) is 0 Å². The summed E-state index contributed by atoms with van der Waals surface area (Å²) in [6.07, 6.45) is 7.20. The summed E-state index contributed by atoms with van der Waals surface area (Å²) in [7, 11) is 0. The Hall–Kier alpha value is -0.0700. The lowest BCUT2D eigenvalue weighted by Crippen LogP contribution is -2.04. The summed E-state index contributed by atoms with van der Waals surface area (Å²) in [6, 6.07) is 0. The van der Waals surface area contributed by atoms with Crippen LogP contribution in [-0.2, 0) is 0 Å². The normalized spacial score (nSPS) is 22.3. The van der Waals surface area contributed by atoms with Crippen LogP contribution in [0.5, 0.6) is 0 Å². The van der Waals surface area contributed by atoms with Crippen LogP contribution in [0.4, 0.5) is 4.39 Å². The molecule has 0 aliphatic heterocycles. The van der Waals surface area contributed by atoms with Gasteiger partial charge in [-0.15, -0.1) is 0 Å². The molecule has 0 saturated heterocycles. The van der Waals surface area contributed by atoms with Crippen molar-refractivity contribution in [2.24, 2.45) is 5.92 Å². The fraction of sp³-hybridized carbons (Fsp3) is 0.875. The molecule has 0 aromatic rings. The first-order valence-corrected chi connectivity index (χ1v) is 3.85. The molecule has 0 bridgehead atoms. The van der Waals surface area contributed by atoms with E-state index >= 15 is 0 Å². The summed E-state index contributed by atoms with van der Waals surface area (Å²) >= 11 is 0. The van der Waals surface area contributed by atoms with E-state index in [0.717, 1.165) is 6.67 Å². The zero-order valence-corrected chi connectivity index (χ0v) is 5.78. The molecule has 1 aliphatic rings. The highest BCUT2D eigenvalue weighted by Crippen LogP contribution is 2.26. The molecule has 1 rings (SSSR count). The lowest BCUT2D eigenvalue weighted by atomic mass is 9.87. The molecule has 0 atom stereocenters. The van der Waals surface area contributed by atoms with Gasteiger partial charge >= 0.3 is 0 Å². The largest absolute Gasteiger partial charge is 0.244 e. The topological polar surface area (TPSA) is 0 Å². The Bertz CT molecular complexity index is 62.2. The molecule has 0 amide bonds. The van der Waals surface area contributed by atoms with Crippen molar-refractivity contribution >= 4 is 0 Å². The lowest BCUT2D eigenvalue weighted by Gasteiger charge is -2.19. The third-order valence-electron chi connectivity index (χ3n) is 2.15. The van der Waals surface area contributed by atoms with Crippen LogP contribution < -0.4 is 0 Å². The second kappa shape index (κ2) is 3.86. The summed E-state index contributed by atoms with van der Waals surface area (Å²) in [5.74, 6) is 0.670. The average molecular weight is 129 g/mol. The second-order valence-electron chi connectivity index (χ2n) is 2.89. The Morgan fingerprint density at radius 1 is 1.22 bits per heavy atom. The van der Waals surface area contributed by atoms with Crippen LogP contribution >= 0.6 is 0 Å². The molecule has 0 nitrogen and oxygen atoms in total. The Balaban J connectivity index is 2.08. The Morgan fingerprint density at radius 2 is 1.89 bits per heavy atom. The average Bonchev–Trinajstić information content (AvgIpc) is 1.91. The van der Waals surface area contributed by atoms with E-state index in [0.29, 0.717) is 12.3 Å². The second-order valence-corrected chi connectivity index (χ2v) is 2.89. The molecule has 1 fully saturated rings. The first-order chi connectivity index (χ1) is 4.43. The maximum atomic E-state index is 11.7. The van der Waals surface area contributed by atoms with Gasteiger partial charge in [-0.2, -0.15) is 0 Å². The van der Waals surface area contributed by atoms with Crippen molar-refractivity contribution in [3.05, 3.63) is 6.67 Å². The molecule has 9 heavy (non-hydrogen) atoms. The van der Waals surface area contributed by atoms with Crippen molar-refractivity contribution in [1.29, 1.82) is 0 Å². The maximum Gasteiger partial charge on any atom is 0.131 e. The van der Waals surface area contributed by atoms with E-state index in [-0.39, 0.29) is 0 Å². The van der Waals surface area contributed by atoms with Crippen molar-refractivity contribution in [2.75, 3.05) is 0 Å². The minimum Gasteiger partial charge on any atom is -0.244 e.